The van der Waals surface area contributed by atoms with Gasteiger partial charge in [-0.2, -0.15) is 0 Å². The zero-order chi connectivity index (χ0) is 14.6. The second-order valence-corrected chi connectivity index (χ2v) is 5.60. The van der Waals surface area contributed by atoms with Crippen LogP contribution in [0.5, 0.6) is 0 Å². The minimum absolute atomic E-state index is 1.06. The van der Waals surface area contributed by atoms with Gasteiger partial charge in [-0.25, -0.2) is 0 Å². The smallest absolute Gasteiger partial charge is 0.00975 e. The molecule has 2 rings (SSSR count). The average Bonchev–Trinajstić information content (AvgIpc) is 2.55. The van der Waals surface area contributed by atoms with Crippen LogP contribution in [0.3, 0.4) is 0 Å². The summed E-state index contributed by atoms with van der Waals surface area (Å²) < 4.78 is 0. The first-order valence-electron chi connectivity index (χ1n) is 8.18. The molecule has 21 heavy (non-hydrogen) atoms. The monoisotopic (exact) mass is 278 g/mol. The van der Waals surface area contributed by atoms with E-state index >= 15 is 0 Å². The molecule has 0 atom stereocenters. The fraction of sp³-hybridized carbons (Fsp3) is 0.333. The Morgan fingerprint density at radius 2 is 1.19 bits per heavy atom. The molecule has 0 aliphatic carbocycles. The van der Waals surface area contributed by atoms with Gasteiger partial charge in [-0.05, 0) is 43.2 Å². The van der Waals surface area contributed by atoms with Gasteiger partial charge in [0.05, 0.1) is 0 Å². The third-order valence-corrected chi connectivity index (χ3v) is 3.79. The Morgan fingerprint density at radius 3 is 1.90 bits per heavy atom. The number of unbranched alkanes of at least 4 members (excludes halogenated alkanes) is 4. The van der Waals surface area contributed by atoms with Crippen molar-refractivity contribution >= 4 is 0 Å². The van der Waals surface area contributed by atoms with Crippen molar-refractivity contribution in [3.63, 3.8) is 0 Å². The molecule has 0 heterocycles. The quantitative estimate of drug-likeness (QED) is 0.391. The van der Waals surface area contributed by atoms with Crippen molar-refractivity contribution in [2.24, 2.45) is 0 Å². The van der Waals surface area contributed by atoms with Gasteiger partial charge < -0.3 is 0 Å². The molecule has 0 unspecified atom stereocenters. The molecule has 0 fully saturated rings. The zero-order valence-electron chi connectivity index (χ0n) is 12.9. The van der Waals surface area contributed by atoms with Gasteiger partial charge >= 0.3 is 0 Å². The van der Waals surface area contributed by atoms with E-state index < -0.39 is 0 Å². The summed E-state index contributed by atoms with van der Waals surface area (Å²) in [7, 11) is 0. The lowest BCUT2D eigenvalue weighted by atomic mass is 10.1. The van der Waals surface area contributed by atoms with Gasteiger partial charge in [0, 0.05) is 0 Å². The van der Waals surface area contributed by atoms with Gasteiger partial charge in [-0.15, -0.1) is 0 Å². The van der Waals surface area contributed by atoms with Crippen molar-refractivity contribution in [1.82, 2.24) is 0 Å². The second kappa shape index (κ2) is 9.99. The highest BCUT2D eigenvalue weighted by molar-refractivity contribution is 5.17. The SMILES string of the molecule is C(=CCc1ccccc1)CCCCCCc1ccccc1. The summed E-state index contributed by atoms with van der Waals surface area (Å²) in [4.78, 5) is 0. The predicted octanol–water partition coefficient (Wildman–Crippen LogP) is 5.98. The number of hydrogen-bond acceptors (Lipinski definition) is 0. The molecule has 2 aromatic carbocycles. The maximum absolute atomic E-state index is 2.34. The molecule has 0 saturated heterocycles. The first-order valence-corrected chi connectivity index (χ1v) is 8.18. The fourth-order valence-electron chi connectivity index (χ4n) is 2.54. The largest absolute Gasteiger partial charge is 0.0882 e. The minimum Gasteiger partial charge on any atom is -0.0882 e. The van der Waals surface area contributed by atoms with E-state index in [1.165, 1.54) is 49.7 Å². The lowest BCUT2D eigenvalue weighted by molar-refractivity contribution is 0.646. The Morgan fingerprint density at radius 1 is 0.571 bits per heavy atom. The summed E-state index contributed by atoms with van der Waals surface area (Å²) in [5.41, 5.74) is 2.87. The van der Waals surface area contributed by atoms with Gasteiger partial charge in [0.15, 0.2) is 0 Å². The Kier molecular flexibility index (Phi) is 7.40. The third kappa shape index (κ3) is 6.94. The Bertz CT molecular complexity index is 496. The highest BCUT2D eigenvalue weighted by Crippen LogP contribution is 2.09. The fourth-order valence-corrected chi connectivity index (χ4v) is 2.54. The number of allylic oxidation sites excluding steroid dienone is 2. The van der Waals surface area contributed by atoms with Crippen LogP contribution in [0, 0.1) is 0 Å². The van der Waals surface area contributed by atoms with Crippen molar-refractivity contribution in [3.05, 3.63) is 83.9 Å². The molecule has 0 heteroatoms. The maximum atomic E-state index is 2.34. The second-order valence-electron chi connectivity index (χ2n) is 5.60. The highest BCUT2D eigenvalue weighted by Gasteiger charge is 1.92. The first kappa shape index (κ1) is 15.6. The summed E-state index contributed by atoms with van der Waals surface area (Å²) in [6.45, 7) is 0. The summed E-state index contributed by atoms with van der Waals surface area (Å²) in [6, 6.07) is 21.5. The lowest BCUT2D eigenvalue weighted by Gasteiger charge is -2.01. The van der Waals surface area contributed by atoms with Crippen molar-refractivity contribution < 1.29 is 0 Å². The van der Waals surface area contributed by atoms with Gasteiger partial charge in [0.2, 0.25) is 0 Å². The van der Waals surface area contributed by atoms with E-state index in [1.807, 2.05) is 0 Å². The van der Waals surface area contributed by atoms with Crippen LogP contribution in [0.1, 0.15) is 43.2 Å². The molecule has 0 nitrogen and oxygen atoms in total. The number of hydrogen-bond donors (Lipinski definition) is 0. The summed E-state index contributed by atoms with van der Waals surface area (Å²) in [6.07, 6.45) is 13.5. The van der Waals surface area contributed by atoms with Crippen LogP contribution < -0.4 is 0 Å². The van der Waals surface area contributed by atoms with E-state index in [4.69, 9.17) is 0 Å². The van der Waals surface area contributed by atoms with Crippen LogP contribution in [-0.4, -0.2) is 0 Å². The molecule has 0 aliphatic heterocycles. The first-order chi connectivity index (χ1) is 10.4. The number of benzene rings is 2. The molecule has 0 saturated carbocycles. The van der Waals surface area contributed by atoms with E-state index in [-0.39, 0.29) is 0 Å². The van der Waals surface area contributed by atoms with Gasteiger partial charge in [-0.1, -0.05) is 85.7 Å². The molecule has 0 N–H and O–H groups in total. The zero-order valence-corrected chi connectivity index (χ0v) is 12.9. The molecule has 0 amide bonds. The van der Waals surface area contributed by atoms with Crippen LogP contribution in [0.4, 0.5) is 0 Å². The van der Waals surface area contributed by atoms with Gasteiger partial charge in [-0.3, -0.25) is 0 Å². The van der Waals surface area contributed by atoms with Crippen LogP contribution in [0.2, 0.25) is 0 Å². The Hall–Kier alpha value is -1.82. The standard InChI is InChI=1S/C21H26/c1(2-4-8-14-20-16-10-6-11-17-20)3-5-9-15-21-18-12-7-13-19-21/h4,6-8,10-13,16-19H,1-3,5,9,14-15H2. The molecule has 0 spiro atoms. The van der Waals surface area contributed by atoms with Gasteiger partial charge in [0.1, 0.15) is 0 Å². The van der Waals surface area contributed by atoms with Crippen molar-refractivity contribution in [2.45, 2.75) is 44.9 Å². The molecule has 110 valence electrons. The number of aryl methyl sites for hydroxylation is 1. The molecule has 2 aromatic rings. The molecule has 0 radical (unpaired) electrons. The maximum Gasteiger partial charge on any atom is -0.00975 e. The molecule has 0 aliphatic rings. The molecular formula is C21H26. The van der Waals surface area contributed by atoms with Crippen molar-refractivity contribution in [3.8, 4) is 0 Å². The molecule has 0 bridgehead atoms. The highest BCUT2D eigenvalue weighted by atomic mass is 14.0. The minimum atomic E-state index is 1.06. The number of rotatable bonds is 9. The summed E-state index contributed by atoms with van der Waals surface area (Å²) in [5.74, 6) is 0. The van der Waals surface area contributed by atoms with Crippen LogP contribution in [0.15, 0.2) is 72.8 Å². The van der Waals surface area contributed by atoms with E-state index in [1.54, 1.807) is 0 Å². The van der Waals surface area contributed by atoms with Crippen molar-refractivity contribution in [2.75, 3.05) is 0 Å². The van der Waals surface area contributed by atoms with Crippen LogP contribution >= 0.6 is 0 Å². The summed E-state index contributed by atoms with van der Waals surface area (Å²) in [5, 5.41) is 0. The van der Waals surface area contributed by atoms with Crippen molar-refractivity contribution in [1.29, 1.82) is 0 Å². The predicted molar refractivity (Wildman–Crippen MR) is 92.5 cm³/mol. The Balaban J connectivity index is 1.47. The third-order valence-electron chi connectivity index (χ3n) is 3.79. The van der Waals surface area contributed by atoms with E-state index in [0.29, 0.717) is 0 Å². The van der Waals surface area contributed by atoms with E-state index in [9.17, 15) is 0 Å². The normalized spacial score (nSPS) is 11.0. The Labute approximate surface area is 129 Å². The van der Waals surface area contributed by atoms with Crippen LogP contribution in [0.25, 0.3) is 0 Å². The average molecular weight is 278 g/mol. The molecular weight excluding hydrogens is 252 g/mol. The topological polar surface area (TPSA) is 0 Å². The molecule has 0 aromatic heterocycles. The lowest BCUT2D eigenvalue weighted by Crippen LogP contribution is -1.85. The van der Waals surface area contributed by atoms with E-state index in [0.717, 1.165) is 6.42 Å². The van der Waals surface area contributed by atoms with Gasteiger partial charge in [0.25, 0.3) is 0 Å². The summed E-state index contributed by atoms with van der Waals surface area (Å²) >= 11 is 0. The van der Waals surface area contributed by atoms with E-state index in [2.05, 4.69) is 72.8 Å². The van der Waals surface area contributed by atoms with Crippen LogP contribution in [-0.2, 0) is 12.8 Å².